The Balaban J connectivity index is 2.35. The lowest BCUT2D eigenvalue weighted by molar-refractivity contribution is 0.570. The summed E-state index contributed by atoms with van der Waals surface area (Å²) in [4.78, 5) is 0. The number of benzene rings is 1. The van der Waals surface area contributed by atoms with Gasteiger partial charge >= 0.3 is 0 Å². The molecule has 1 rings (SSSR count). The monoisotopic (exact) mass is 225 g/mol. The SMILES string of the molecule is Cc1ccc(CCCNC(C)C)cc1Cl. The third-order valence-corrected chi connectivity index (χ3v) is 2.84. The Hall–Kier alpha value is -0.530. The predicted molar refractivity (Wildman–Crippen MR) is 67.6 cm³/mol. The predicted octanol–water partition coefficient (Wildman–Crippen LogP) is 3.58. The summed E-state index contributed by atoms with van der Waals surface area (Å²) in [6, 6.07) is 6.91. The van der Waals surface area contributed by atoms with Gasteiger partial charge in [-0.15, -0.1) is 0 Å². The van der Waals surface area contributed by atoms with E-state index in [1.165, 1.54) is 5.56 Å². The van der Waals surface area contributed by atoms with Crippen molar-refractivity contribution in [2.24, 2.45) is 0 Å². The van der Waals surface area contributed by atoms with E-state index < -0.39 is 0 Å². The average Bonchev–Trinajstić information content (AvgIpc) is 2.18. The molecule has 0 saturated heterocycles. The highest BCUT2D eigenvalue weighted by Crippen LogP contribution is 2.17. The highest BCUT2D eigenvalue weighted by Gasteiger charge is 1.98. The first-order chi connectivity index (χ1) is 7.09. The van der Waals surface area contributed by atoms with Crippen LogP contribution in [-0.2, 0) is 6.42 Å². The fraction of sp³-hybridized carbons (Fsp3) is 0.538. The Morgan fingerprint density at radius 2 is 2.07 bits per heavy atom. The second kappa shape index (κ2) is 6.14. The van der Waals surface area contributed by atoms with E-state index in [0.717, 1.165) is 30.0 Å². The van der Waals surface area contributed by atoms with E-state index in [1.807, 2.05) is 6.92 Å². The van der Waals surface area contributed by atoms with Gasteiger partial charge in [-0.3, -0.25) is 0 Å². The molecule has 84 valence electrons. The molecule has 0 aromatic heterocycles. The standard InChI is InChI=1S/C13H20ClN/c1-10(2)15-8-4-5-12-7-6-11(3)13(14)9-12/h6-7,9-10,15H,4-5,8H2,1-3H3. The molecule has 1 nitrogen and oxygen atoms in total. The summed E-state index contributed by atoms with van der Waals surface area (Å²) in [5.74, 6) is 0. The van der Waals surface area contributed by atoms with Crippen LogP contribution < -0.4 is 5.32 Å². The third-order valence-electron chi connectivity index (χ3n) is 2.43. The molecule has 0 atom stereocenters. The largest absolute Gasteiger partial charge is 0.315 e. The molecule has 0 amide bonds. The van der Waals surface area contributed by atoms with Gasteiger partial charge in [-0.05, 0) is 43.5 Å². The van der Waals surface area contributed by atoms with E-state index in [9.17, 15) is 0 Å². The summed E-state index contributed by atoms with van der Waals surface area (Å²) in [5.41, 5.74) is 2.48. The van der Waals surface area contributed by atoms with Crippen molar-refractivity contribution >= 4 is 11.6 Å². The van der Waals surface area contributed by atoms with E-state index >= 15 is 0 Å². The maximum absolute atomic E-state index is 6.06. The molecule has 0 saturated carbocycles. The second-order valence-electron chi connectivity index (χ2n) is 4.30. The van der Waals surface area contributed by atoms with E-state index in [1.54, 1.807) is 0 Å². The summed E-state index contributed by atoms with van der Waals surface area (Å²) in [6.07, 6.45) is 2.26. The van der Waals surface area contributed by atoms with Gasteiger partial charge in [-0.1, -0.05) is 37.6 Å². The number of rotatable bonds is 5. The summed E-state index contributed by atoms with van der Waals surface area (Å²) in [6.45, 7) is 7.45. The molecule has 1 aromatic carbocycles. The number of hydrogen-bond donors (Lipinski definition) is 1. The van der Waals surface area contributed by atoms with Crippen molar-refractivity contribution in [1.29, 1.82) is 0 Å². The Kier molecular flexibility index (Phi) is 5.13. The minimum Gasteiger partial charge on any atom is -0.315 e. The number of halogens is 1. The van der Waals surface area contributed by atoms with E-state index in [0.29, 0.717) is 6.04 Å². The maximum atomic E-state index is 6.06. The molecule has 0 spiro atoms. The molecule has 0 unspecified atom stereocenters. The van der Waals surface area contributed by atoms with Gasteiger partial charge in [0.1, 0.15) is 0 Å². The molecular formula is C13H20ClN. The van der Waals surface area contributed by atoms with Crippen molar-refractivity contribution in [3.63, 3.8) is 0 Å². The van der Waals surface area contributed by atoms with Gasteiger partial charge in [0.05, 0.1) is 0 Å². The second-order valence-corrected chi connectivity index (χ2v) is 4.70. The lowest BCUT2D eigenvalue weighted by Gasteiger charge is -2.08. The molecule has 0 heterocycles. The van der Waals surface area contributed by atoms with Gasteiger partial charge in [0.25, 0.3) is 0 Å². The Bertz CT molecular complexity index is 307. The van der Waals surface area contributed by atoms with Gasteiger partial charge in [-0.2, -0.15) is 0 Å². The van der Waals surface area contributed by atoms with Crippen LogP contribution in [0.3, 0.4) is 0 Å². The van der Waals surface area contributed by atoms with E-state index in [4.69, 9.17) is 11.6 Å². The maximum Gasteiger partial charge on any atom is 0.0437 e. The van der Waals surface area contributed by atoms with Crippen LogP contribution in [-0.4, -0.2) is 12.6 Å². The first-order valence-electron chi connectivity index (χ1n) is 5.58. The van der Waals surface area contributed by atoms with Gasteiger partial charge in [0.2, 0.25) is 0 Å². The van der Waals surface area contributed by atoms with Crippen molar-refractivity contribution in [3.8, 4) is 0 Å². The third kappa shape index (κ3) is 4.67. The topological polar surface area (TPSA) is 12.0 Å². The lowest BCUT2D eigenvalue weighted by atomic mass is 10.1. The molecule has 0 bridgehead atoms. The Morgan fingerprint density at radius 1 is 1.33 bits per heavy atom. The molecule has 0 radical (unpaired) electrons. The first kappa shape index (κ1) is 12.5. The zero-order valence-corrected chi connectivity index (χ0v) is 10.6. The number of aryl methyl sites for hydroxylation is 2. The first-order valence-corrected chi connectivity index (χ1v) is 5.96. The highest BCUT2D eigenvalue weighted by atomic mass is 35.5. The zero-order valence-electron chi connectivity index (χ0n) is 9.81. The molecule has 2 heteroatoms. The minimum absolute atomic E-state index is 0.576. The summed E-state index contributed by atoms with van der Waals surface area (Å²) in [5, 5.41) is 4.29. The number of hydrogen-bond acceptors (Lipinski definition) is 1. The minimum atomic E-state index is 0.576. The van der Waals surface area contributed by atoms with Gasteiger partial charge in [-0.25, -0.2) is 0 Å². The van der Waals surface area contributed by atoms with Crippen LogP contribution in [0.5, 0.6) is 0 Å². The fourth-order valence-corrected chi connectivity index (χ4v) is 1.68. The van der Waals surface area contributed by atoms with E-state index in [2.05, 4.69) is 37.4 Å². The smallest absolute Gasteiger partial charge is 0.0437 e. The quantitative estimate of drug-likeness (QED) is 0.756. The van der Waals surface area contributed by atoms with Gasteiger partial charge < -0.3 is 5.32 Å². The van der Waals surface area contributed by atoms with Crippen LogP contribution in [0.15, 0.2) is 18.2 Å². The lowest BCUT2D eigenvalue weighted by Crippen LogP contribution is -2.23. The number of nitrogens with one attached hydrogen (secondary N) is 1. The molecule has 0 fully saturated rings. The van der Waals surface area contributed by atoms with Gasteiger partial charge in [0.15, 0.2) is 0 Å². The zero-order chi connectivity index (χ0) is 11.3. The average molecular weight is 226 g/mol. The Morgan fingerprint density at radius 3 is 2.67 bits per heavy atom. The molecular weight excluding hydrogens is 206 g/mol. The van der Waals surface area contributed by atoms with Crippen molar-refractivity contribution in [2.45, 2.75) is 39.7 Å². The van der Waals surface area contributed by atoms with Crippen molar-refractivity contribution in [2.75, 3.05) is 6.54 Å². The molecule has 0 aliphatic heterocycles. The van der Waals surface area contributed by atoms with Gasteiger partial charge in [0, 0.05) is 11.1 Å². The highest BCUT2D eigenvalue weighted by molar-refractivity contribution is 6.31. The fourth-order valence-electron chi connectivity index (χ4n) is 1.48. The normalized spacial score (nSPS) is 11.0. The van der Waals surface area contributed by atoms with E-state index in [-0.39, 0.29) is 0 Å². The van der Waals surface area contributed by atoms with Crippen LogP contribution in [0.4, 0.5) is 0 Å². The van der Waals surface area contributed by atoms with Crippen LogP contribution in [0.25, 0.3) is 0 Å². The van der Waals surface area contributed by atoms with Crippen LogP contribution >= 0.6 is 11.6 Å². The summed E-state index contributed by atoms with van der Waals surface area (Å²) in [7, 11) is 0. The Labute approximate surface area is 97.8 Å². The molecule has 1 aromatic rings. The van der Waals surface area contributed by atoms with Crippen LogP contribution in [0.1, 0.15) is 31.4 Å². The van der Waals surface area contributed by atoms with Crippen molar-refractivity contribution in [1.82, 2.24) is 5.32 Å². The van der Waals surface area contributed by atoms with Crippen molar-refractivity contribution < 1.29 is 0 Å². The molecule has 1 N–H and O–H groups in total. The van der Waals surface area contributed by atoms with Crippen molar-refractivity contribution in [3.05, 3.63) is 34.3 Å². The summed E-state index contributed by atoms with van der Waals surface area (Å²) < 4.78 is 0. The van der Waals surface area contributed by atoms with Crippen LogP contribution in [0, 0.1) is 6.92 Å². The molecule has 0 aliphatic carbocycles. The van der Waals surface area contributed by atoms with Crippen LogP contribution in [0.2, 0.25) is 5.02 Å². The molecule has 15 heavy (non-hydrogen) atoms. The summed E-state index contributed by atoms with van der Waals surface area (Å²) >= 11 is 6.06. The molecule has 0 aliphatic rings.